The number of hydrogen-bond acceptors (Lipinski definition) is 20. The minimum Gasteiger partial charge on any atom is -0.508 e. The van der Waals surface area contributed by atoms with Gasteiger partial charge in [-0.1, -0.05) is 0 Å². The SMILES string of the molecule is O=C(O[C@@H]1Cc2c(O)cc(O)cc2OC1c1cc(=O)c(O)c2c(O)c(O)cc([C@H]3Oc4cc(O)cc(O)c4C[C@H]3OC(=O)c3cc(O)c(O)c(O)c3)c2c1)c1cc(O)c(O)c(O)c1. The monoisotopic (exact) mass is 868 g/mol. The molecule has 2 heterocycles. The molecule has 6 aromatic rings. The topological polar surface area (TPSA) is 351 Å². The second-order valence-corrected chi connectivity index (χ2v) is 14.6. The van der Waals surface area contributed by atoms with Crippen molar-refractivity contribution in [2.75, 3.05) is 0 Å². The highest BCUT2D eigenvalue weighted by Crippen LogP contribution is 2.50. The van der Waals surface area contributed by atoms with Crippen LogP contribution in [0.1, 0.15) is 55.2 Å². The van der Waals surface area contributed by atoms with Crippen molar-refractivity contribution in [1.82, 2.24) is 0 Å². The van der Waals surface area contributed by atoms with Crippen molar-refractivity contribution < 1.29 is 94.9 Å². The van der Waals surface area contributed by atoms with Crippen LogP contribution >= 0.6 is 0 Å². The van der Waals surface area contributed by atoms with Crippen molar-refractivity contribution in [3.63, 3.8) is 0 Å². The van der Waals surface area contributed by atoms with Crippen LogP contribution in [0.3, 0.4) is 0 Å². The van der Waals surface area contributed by atoms with E-state index >= 15 is 0 Å². The minimum atomic E-state index is -1.65. The maximum atomic E-state index is 13.8. The normalized spacial score (nSPS) is 17.7. The molecule has 4 atom stereocenters. The van der Waals surface area contributed by atoms with E-state index in [9.17, 15) is 80.8 Å². The molecule has 0 radical (unpaired) electrons. The summed E-state index contributed by atoms with van der Waals surface area (Å²) in [5.74, 6) is -13.3. The molecule has 0 fully saturated rings. The van der Waals surface area contributed by atoms with Gasteiger partial charge in [0.05, 0.1) is 16.5 Å². The average molecular weight is 869 g/mol. The van der Waals surface area contributed by atoms with Gasteiger partial charge in [0.2, 0.25) is 5.43 Å². The lowest BCUT2D eigenvalue weighted by Crippen LogP contribution is -2.35. The molecule has 2 aliphatic heterocycles. The molecular weight excluding hydrogens is 836 g/mol. The third-order valence-corrected chi connectivity index (χ3v) is 10.5. The summed E-state index contributed by atoms with van der Waals surface area (Å²) in [5.41, 5.74) is -2.63. The highest BCUT2D eigenvalue weighted by Gasteiger charge is 2.41. The lowest BCUT2D eigenvalue weighted by atomic mass is 9.89. The molecule has 6 aromatic carbocycles. The molecule has 63 heavy (non-hydrogen) atoms. The van der Waals surface area contributed by atoms with E-state index in [1.807, 2.05) is 0 Å². The van der Waals surface area contributed by atoms with Crippen LogP contribution in [0, 0.1) is 0 Å². The summed E-state index contributed by atoms with van der Waals surface area (Å²) < 4.78 is 23.9. The Morgan fingerprint density at radius 2 is 0.905 bits per heavy atom. The van der Waals surface area contributed by atoms with Crippen molar-refractivity contribution in [3.8, 4) is 86.2 Å². The first-order valence-electron chi connectivity index (χ1n) is 18.4. The number of fused-ring (bicyclic) bond motifs is 3. The Bertz CT molecular complexity index is 2950. The molecule has 20 heteroatoms. The van der Waals surface area contributed by atoms with Crippen LogP contribution in [-0.4, -0.2) is 90.5 Å². The van der Waals surface area contributed by atoms with Crippen LogP contribution in [0.2, 0.25) is 0 Å². The zero-order valence-corrected chi connectivity index (χ0v) is 31.7. The van der Waals surface area contributed by atoms with Gasteiger partial charge in [-0.05, 0) is 47.9 Å². The number of aromatic hydroxyl groups is 13. The van der Waals surface area contributed by atoms with Crippen LogP contribution in [0.15, 0.2) is 71.5 Å². The molecule has 2 aliphatic rings. The van der Waals surface area contributed by atoms with Gasteiger partial charge in [-0.2, -0.15) is 0 Å². The van der Waals surface area contributed by atoms with Crippen molar-refractivity contribution in [3.05, 3.63) is 110 Å². The van der Waals surface area contributed by atoms with E-state index in [-0.39, 0.29) is 45.6 Å². The van der Waals surface area contributed by atoms with Crippen molar-refractivity contribution in [2.24, 2.45) is 0 Å². The lowest BCUT2D eigenvalue weighted by molar-refractivity contribution is -0.0193. The Morgan fingerprint density at radius 1 is 0.476 bits per heavy atom. The van der Waals surface area contributed by atoms with Crippen molar-refractivity contribution in [2.45, 2.75) is 37.3 Å². The number of ether oxygens (including phenoxy) is 4. The summed E-state index contributed by atoms with van der Waals surface area (Å²) in [5, 5.41) is 135. The van der Waals surface area contributed by atoms with E-state index in [4.69, 9.17) is 18.9 Å². The second kappa shape index (κ2) is 15.0. The van der Waals surface area contributed by atoms with Gasteiger partial charge in [-0.25, -0.2) is 9.59 Å². The van der Waals surface area contributed by atoms with Gasteiger partial charge in [0.1, 0.15) is 46.7 Å². The molecule has 324 valence electrons. The van der Waals surface area contributed by atoms with Crippen LogP contribution < -0.4 is 14.9 Å². The molecule has 13 N–H and O–H groups in total. The van der Waals surface area contributed by atoms with E-state index in [1.54, 1.807) is 0 Å². The molecule has 0 bridgehead atoms. The van der Waals surface area contributed by atoms with E-state index in [2.05, 4.69) is 0 Å². The first-order chi connectivity index (χ1) is 29.8. The van der Waals surface area contributed by atoms with Crippen LogP contribution in [0.25, 0.3) is 10.8 Å². The fraction of sp³-hybridized carbons (Fsp3) is 0.140. The van der Waals surface area contributed by atoms with Gasteiger partial charge >= 0.3 is 11.9 Å². The van der Waals surface area contributed by atoms with Gasteiger partial charge in [0, 0.05) is 59.4 Å². The van der Waals surface area contributed by atoms with Gasteiger partial charge in [0.25, 0.3) is 0 Å². The van der Waals surface area contributed by atoms with Crippen molar-refractivity contribution in [1.29, 1.82) is 0 Å². The highest BCUT2D eigenvalue weighted by molar-refractivity contribution is 5.98. The molecule has 8 rings (SSSR count). The Balaban J connectivity index is 1.31. The van der Waals surface area contributed by atoms with Gasteiger partial charge in [-0.3, -0.25) is 4.79 Å². The molecule has 1 unspecified atom stereocenters. The highest BCUT2D eigenvalue weighted by atomic mass is 16.6. The van der Waals surface area contributed by atoms with E-state index < -0.39 is 139 Å². The number of rotatable bonds is 6. The summed E-state index contributed by atoms with van der Waals surface area (Å²) in [6.45, 7) is 0. The van der Waals surface area contributed by atoms with Crippen LogP contribution in [0.4, 0.5) is 0 Å². The molecule has 0 aliphatic carbocycles. The predicted octanol–water partition coefficient (Wildman–Crippen LogP) is 4.18. The quantitative estimate of drug-likeness (QED) is 0.0824. The molecule has 20 nitrogen and oxygen atoms in total. The Hall–Kier alpha value is -8.81. The number of esters is 2. The average Bonchev–Trinajstić information content (AvgIpc) is 3.35. The smallest absolute Gasteiger partial charge is 0.338 e. The second-order valence-electron chi connectivity index (χ2n) is 14.6. The fourth-order valence-electron chi connectivity index (χ4n) is 7.54. The summed E-state index contributed by atoms with van der Waals surface area (Å²) in [6, 6.07) is 10.2. The molecule has 0 aromatic heterocycles. The Morgan fingerprint density at radius 3 is 1.38 bits per heavy atom. The number of hydrogen-bond donors (Lipinski definition) is 13. The number of phenolic OH excluding ortho intramolecular Hbond substituents is 12. The first kappa shape index (κ1) is 40.9. The third kappa shape index (κ3) is 7.19. The summed E-state index contributed by atoms with van der Waals surface area (Å²) in [6.07, 6.45) is -7.16. The van der Waals surface area contributed by atoms with E-state index in [0.717, 1.165) is 66.7 Å². The Kier molecular flexibility index (Phi) is 9.77. The summed E-state index contributed by atoms with van der Waals surface area (Å²) in [7, 11) is 0. The third-order valence-electron chi connectivity index (χ3n) is 10.5. The zero-order chi connectivity index (χ0) is 45.3. The number of benzene rings is 5. The first-order valence-corrected chi connectivity index (χ1v) is 18.4. The molecule has 0 saturated carbocycles. The van der Waals surface area contributed by atoms with E-state index in [1.165, 1.54) is 0 Å². The summed E-state index contributed by atoms with van der Waals surface area (Å²) in [4.78, 5) is 40.9. The molecular formula is C43H32O20. The number of carbonyl (C=O) groups excluding carboxylic acids is 2. The fourth-order valence-corrected chi connectivity index (χ4v) is 7.54. The predicted molar refractivity (Wildman–Crippen MR) is 210 cm³/mol. The molecule has 0 spiro atoms. The maximum Gasteiger partial charge on any atom is 0.338 e. The van der Waals surface area contributed by atoms with Crippen LogP contribution in [0.5, 0.6) is 86.2 Å². The van der Waals surface area contributed by atoms with Crippen molar-refractivity contribution >= 4 is 22.7 Å². The molecule has 0 amide bonds. The van der Waals surface area contributed by atoms with Crippen LogP contribution in [-0.2, 0) is 22.3 Å². The van der Waals surface area contributed by atoms with Gasteiger partial charge in [-0.15, -0.1) is 0 Å². The zero-order valence-electron chi connectivity index (χ0n) is 31.7. The maximum absolute atomic E-state index is 13.8. The van der Waals surface area contributed by atoms with Gasteiger partial charge < -0.3 is 85.3 Å². The van der Waals surface area contributed by atoms with E-state index in [0.29, 0.717) is 0 Å². The lowest BCUT2D eigenvalue weighted by Gasteiger charge is -2.35. The Labute approximate surface area is 351 Å². The molecule has 0 saturated heterocycles. The number of phenols is 12. The standard InChI is InChI=1S/C43H32O20/c44-17-7-23(46)21-12-33(62-42(58)15-3-25(48)36(54)26(49)4-15)40(60-31(21)9-17)14-1-19-20(11-30(53)39(57)35(19)38(56)29(52)2-14)41-34(13-22-24(47)8-18(45)10-32(22)61-41)63-43(59)16-5-27(50)37(55)28(51)6-16/h1-11,33-34,40-41,44-51,53-55,57H,12-13H2,(H,52,56)/t33-,34-,40?,41-/m1/s1. The largest absolute Gasteiger partial charge is 0.508 e. The minimum absolute atomic E-state index is 0.00203. The summed E-state index contributed by atoms with van der Waals surface area (Å²) >= 11 is 0. The van der Waals surface area contributed by atoms with Gasteiger partial charge in [0.15, 0.2) is 64.0 Å². The number of carbonyl (C=O) groups is 2.